The van der Waals surface area contributed by atoms with Gasteiger partial charge in [0.15, 0.2) is 0 Å². The molecule has 1 aromatic heterocycles. The standard InChI is InChI=1S/C15H15ClN4O/c16-13-7-17-8-14(19-13)18-12-6-15(21)20(10-12)9-11-4-2-1-3-5-11/h1-5,7-8,12H,6,9-10H2,(H,18,19). The molecular weight excluding hydrogens is 288 g/mol. The van der Waals surface area contributed by atoms with E-state index in [4.69, 9.17) is 11.6 Å². The van der Waals surface area contributed by atoms with Crippen molar-refractivity contribution in [3.63, 3.8) is 0 Å². The van der Waals surface area contributed by atoms with Crippen molar-refractivity contribution in [1.82, 2.24) is 14.9 Å². The lowest BCUT2D eigenvalue weighted by molar-refractivity contribution is -0.128. The van der Waals surface area contributed by atoms with Crippen molar-refractivity contribution in [3.8, 4) is 0 Å². The molecule has 0 spiro atoms. The number of carbonyl (C=O) groups is 1. The van der Waals surface area contributed by atoms with E-state index in [1.54, 1.807) is 6.20 Å². The van der Waals surface area contributed by atoms with Gasteiger partial charge < -0.3 is 10.2 Å². The smallest absolute Gasteiger partial charge is 0.225 e. The van der Waals surface area contributed by atoms with E-state index >= 15 is 0 Å². The summed E-state index contributed by atoms with van der Waals surface area (Å²) < 4.78 is 0. The summed E-state index contributed by atoms with van der Waals surface area (Å²) in [7, 11) is 0. The van der Waals surface area contributed by atoms with Crippen LogP contribution in [0.3, 0.4) is 0 Å². The lowest BCUT2D eigenvalue weighted by Crippen LogP contribution is -2.27. The first kappa shape index (κ1) is 13.8. The second kappa shape index (κ2) is 6.10. The van der Waals surface area contributed by atoms with Crippen molar-refractivity contribution in [1.29, 1.82) is 0 Å². The molecule has 1 saturated heterocycles. The molecule has 1 atom stereocenters. The first-order chi connectivity index (χ1) is 10.2. The number of likely N-dealkylation sites (tertiary alicyclic amines) is 1. The Balaban J connectivity index is 1.62. The number of anilines is 1. The molecule has 1 unspecified atom stereocenters. The minimum absolute atomic E-state index is 0.0361. The summed E-state index contributed by atoms with van der Waals surface area (Å²) in [6, 6.07) is 10.0. The summed E-state index contributed by atoms with van der Waals surface area (Å²) in [5, 5.41) is 3.55. The van der Waals surface area contributed by atoms with Crippen LogP contribution in [0.2, 0.25) is 5.15 Å². The molecule has 0 radical (unpaired) electrons. The van der Waals surface area contributed by atoms with Crippen LogP contribution >= 0.6 is 11.6 Å². The number of amides is 1. The quantitative estimate of drug-likeness (QED) is 0.942. The fraction of sp³-hybridized carbons (Fsp3) is 0.267. The number of hydrogen-bond acceptors (Lipinski definition) is 4. The van der Waals surface area contributed by atoms with E-state index in [0.29, 0.717) is 30.5 Å². The van der Waals surface area contributed by atoms with Crippen molar-refractivity contribution >= 4 is 23.3 Å². The van der Waals surface area contributed by atoms with Crippen LogP contribution in [0.4, 0.5) is 5.82 Å². The van der Waals surface area contributed by atoms with Crippen molar-refractivity contribution in [2.75, 3.05) is 11.9 Å². The predicted molar refractivity (Wildman–Crippen MR) is 80.9 cm³/mol. The minimum atomic E-state index is 0.0361. The molecule has 0 saturated carbocycles. The topological polar surface area (TPSA) is 58.1 Å². The van der Waals surface area contributed by atoms with Crippen molar-refractivity contribution in [2.45, 2.75) is 19.0 Å². The van der Waals surface area contributed by atoms with Crippen LogP contribution in [0.25, 0.3) is 0 Å². The monoisotopic (exact) mass is 302 g/mol. The molecule has 1 fully saturated rings. The molecule has 1 aliphatic heterocycles. The van der Waals surface area contributed by atoms with Crippen molar-refractivity contribution in [2.24, 2.45) is 0 Å². The molecule has 0 bridgehead atoms. The second-order valence-electron chi connectivity index (χ2n) is 5.03. The number of hydrogen-bond donors (Lipinski definition) is 1. The fourth-order valence-electron chi connectivity index (χ4n) is 2.45. The van der Waals surface area contributed by atoms with Crippen molar-refractivity contribution < 1.29 is 4.79 Å². The van der Waals surface area contributed by atoms with Crippen LogP contribution in [0, 0.1) is 0 Å². The third-order valence-corrected chi connectivity index (χ3v) is 3.57. The van der Waals surface area contributed by atoms with Gasteiger partial charge >= 0.3 is 0 Å². The number of halogens is 1. The van der Waals surface area contributed by atoms with E-state index < -0.39 is 0 Å². The van der Waals surface area contributed by atoms with Gasteiger partial charge in [-0.1, -0.05) is 41.9 Å². The van der Waals surface area contributed by atoms with Crippen LogP contribution in [-0.4, -0.2) is 33.4 Å². The molecule has 1 aromatic carbocycles. The molecular formula is C15H15ClN4O. The minimum Gasteiger partial charge on any atom is -0.364 e. The highest BCUT2D eigenvalue weighted by molar-refractivity contribution is 6.29. The Hall–Kier alpha value is -2.14. The maximum atomic E-state index is 12.1. The van der Waals surface area contributed by atoms with Gasteiger partial charge in [-0.25, -0.2) is 4.98 Å². The molecule has 21 heavy (non-hydrogen) atoms. The first-order valence-electron chi connectivity index (χ1n) is 6.76. The fourth-order valence-corrected chi connectivity index (χ4v) is 2.59. The molecule has 2 heterocycles. The Labute approximate surface area is 128 Å². The summed E-state index contributed by atoms with van der Waals surface area (Å²) in [5.74, 6) is 0.744. The van der Waals surface area contributed by atoms with Gasteiger partial charge in [-0.05, 0) is 5.56 Å². The summed E-state index contributed by atoms with van der Waals surface area (Å²) in [4.78, 5) is 22.0. The molecule has 108 valence electrons. The zero-order chi connectivity index (χ0) is 14.7. The molecule has 1 N–H and O–H groups in total. The molecule has 1 aliphatic rings. The lowest BCUT2D eigenvalue weighted by atomic mass is 10.2. The summed E-state index contributed by atoms with van der Waals surface area (Å²) in [6.45, 7) is 1.29. The second-order valence-corrected chi connectivity index (χ2v) is 5.42. The highest BCUT2D eigenvalue weighted by Gasteiger charge is 2.29. The molecule has 1 amide bonds. The average molecular weight is 303 g/mol. The molecule has 0 aliphatic carbocycles. The van der Waals surface area contributed by atoms with Crippen LogP contribution in [0.15, 0.2) is 42.7 Å². The van der Waals surface area contributed by atoms with Gasteiger partial charge in [0, 0.05) is 19.5 Å². The summed E-state index contributed by atoms with van der Waals surface area (Å²) in [5.41, 5.74) is 1.13. The van der Waals surface area contributed by atoms with Gasteiger partial charge in [0.05, 0.1) is 18.4 Å². The Morgan fingerprint density at radius 2 is 2.10 bits per heavy atom. The van der Waals surface area contributed by atoms with Crippen LogP contribution < -0.4 is 5.32 Å². The summed E-state index contributed by atoms with van der Waals surface area (Å²) in [6.07, 6.45) is 3.55. The zero-order valence-corrected chi connectivity index (χ0v) is 12.1. The van der Waals surface area contributed by atoms with E-state index in [9.17, 15) is 4.79 Å². The van der Waals surface area contributed by atoms with Crippen LogP contribution in [-0.2, 0) is 11.3 Å². The maximum Gasteiger partial charge on any atom is 0.225 e. The SMILES string of the molecule is O=C1CC(Nc2cncc(Cl)n2)CN1Cc1ccccc1. The van der Waals surface area contributed by atoms with E-state index in [1.807, 2.05) is 35.2 Å². The summed E-state index contributed by atoms with van der Waals surface area (Å²) >= 11 is 5.80. The molecule has 2 aromatic rings. The Bertz CT molecular complexity index is 635. The number of rotatable bonds is 4. The van der Waals surface area contributed by atoms with Gasteiger partial charge in [0.2, 0.25) is 5.91 Å². The van der Waals surface area contributed by atoms with Gasteiger partial charge in [0.25, 0.3) is 0 Å². The highest BCUT2D eigenvalue weighted by Crippen LogP contribution is 2.18. The van der Waals surface area contributed by atoms with E-state index in [2.05, 4.69) is 15.3 Å². The van der Waals surface area contributed by atoms with Crippen LogP contribution in [0.5, 0.6) is 0 Å². The number of aromatic nitrogens is 2. The van der Waals surface area contributed by atoms with Gasteiger partial charge in [-0.15, -0.1) is 0 Å². The maximum absolute atomic E-state index is 12.1. The van der Waals surface area contributed by atoms with Gasteiger partial charge in [-0.3, -0.25) is 9.78 Å². The Morgan fingerprint density at radius 1 is 1.29 bits per heavy atom. The van der Waals surface area contributed by atoms with Crippen LogP contribution in [0.1, 0.15) is 12.0 Å². The number of nitrogens with one attached hydrogen (secondary N) is 1. The lowest BCUT2D eigenvalue weighted by Gasteiger charge is -2.17. The third kappa shape index (κ3) is 3.49. The Morgan fingerprint density at radius 3 is 2.86 bits per heavy atom. The number of benzene rings is 1. The highest BCUT2D eigenvalue weighted by atomic mass is 35.5. The average Bonchev–Trinajstić information content (AvgIpc) is 2.80. The van der Waals surface area contributed by atoms with E-state index in [1.165, 1.54) is 6.20 Å². The number of nitrogens with zero attached hydrogens (tertiary/aromatic N) is 3. The third-order valence-electron chi connectivity index (χ3n) is 3.39. The largest absolute Gasteiger partial charge is 0.364 e. The molecule has 5 nitrogen and oxygen atoms in total. The first-order valence-corrected chi connectivity index (χ1v) is 7.14. The molecule has 3 rings (SSSR count). The Kier molecular flexibility index (Phi) is 4.01. The zero-order valence-electron chi connectivity index (χ0n) is 11.4. The van der Waals surface area contributed by atoms with Gasteiger partial charge in [0.1, 0.15) is 11.0 Å². The van der Waals surface area contributed by atoms with Crippen molar-refractivity contribution in [3.05, 3.63) is 53.4 Å². The predicted octanol–water partition coefficient (Wildman–Crippen LogP) is 2.34. The van der Waals surface area contributed by atoms with Gasteiger partial charge in [-0.2, -0.15) is 0 Å². The van der Waals surface area contributed by atoms with E-state index in [-0.39, 0.29) is 11.9 Å². The molecule has 6 heteroatoms. The normalized spacial score (nSPS) is 18.0. The number of carbonyl (C=O) groups excluding carboxylic acids is 1. The van der Waals surface area contributed by atoms with E-state index in [0.717, 1.165) is 5.56 Å².